The van der Waals surface area contributed by atoms with Gasteiger partial charge in [-0.25, -0.2) is 9.18 Å². The molecule has 0 aromatic heterocycles. The Hall–Kier alpha value is -2.60. The van der Waals surface area contributed by atoms with Crippen molar-refractivity contribution in [3.8, 4) is 5.75 Å². The molecular weight excluding hydrogens is 349 g/mol. The quantitative estimate of drug-likeness (QED) is 0.771. The normalized spacial score (nSPS) is 11.6. The van der Waals surface area contributed by atoms with Gasteiger partial charge in [0.15, 0.2) is 6.10 Å². The van der Waals surface area contributed by atoms with Gasteiger partial charge in [0, 0.05) is 11.6 Å². The largest absolute Gasteiger partial charge is 0.507 e. The number of benzene rings is 2. The van der Waals surface area contributed by atoms with E-state index in [0.717, 1.165) is 5.56 Å². The van der Waals surface area contributed by atoms with E-state index < -0.39 is 18.0 Å². The molecule has 0 bridgehead atoms. The number of esters is 1. The van der Waals surface area contributed by atoms with Gasteiger partial charge in [-0.1, -0.05) is 23.7 Å². The molecule has 0 unspecified atom stereocenters. The number of hydrogen-bond acceptors (Lipinski definition) is 4. The molecule has 0 aliphatic heterocycles. The second-order valence-electron chi connectivity index (χ2n) is 5.38. The van der Waals surface area contributed by atoms with E-state index in [-0.39, 0.29) is 22.2 Å². The van der Waals surface area contributed by atoms with Crippen LogP contribution in [0, 0.1) is 5.82 Å². The van der Waals surface area contributed by atoms with E-state index in [0.29, 0.717) is 13.0 Å². The van der Waals surface area contributed by atoms with Gasteiger partial charge >= 0.3 is 5.97 Å². The van der Waals surface area contributed by atoms with Gasteiger partial charge in [0.05, 0.1) is 0 Å². The molecule has 132 valence electrons. The molecule has 0 saturated heterocycles. The SMILES string of the molecule is C[C@H](OC(=O)c1cc(Cl)ccc1O)C(=O)NCCc1ccc(F)cc1. The first kappa shape index (κ1) is 18.7. The van der Waals surface area contributed by atoms with Gasteiger partial charge in [-0.2, -0.15) is 0 Å². The number of rotatable bonds is 6. The number of ether oxygens (including phenoxy) is 1. The molecule has 1 amide bonds. The van der Waals surface area contributed by atoms with Gasteiger partial charge in [0.2, 0.25) is 0 Å². The highest BCUT2D eigenvalue weighted by Crippen LogP contribution is 2.22. The van der Waals surface area contributed by atoms with Crippen LogP contribution < -0.4 is 5.32 Å². The first-order valence-electron chi connectivity index (χ1n) is 7.58. The fraction of sp³-hybridized carbons (Fsp3) is 0.222. The maximum atomic E-state index is 12.8. The molecular formula is C18H17ClFNO4. The summed E-state index contributed by atoms with van der Waals surface area (Å²) in [6.45, 7) is 1.74. The first-order valence-corrected chi connectivity index (χ1v) is 7.96. The average molecular weight is 366 g/mol. The van der Waals surface area contributed by atoms with Crippen molar-refractivity contribution < 1.29 is 23.8 Å². The fourth-order valence-electron chi connectivity index (χ4n) is 2.07. The highest BCUT2D eigenvalue weighted by molar-refractivity contribution is 6.31. The summed E-state index contributed by atoms with van der Waals surface area (Å²) in [6, 6.07) is 9.92. The summed E-state index contributed by atoms with van der Waals surface area (Å²) < 4.78 is 17.8. The highest BCUT2D eigenvalue weighted by Gasteiger charge is 2.21. The van der Waals surface area contributed by atoms with Crippen molar-refractivity contribution in [1.82, 2.24) is 5.32 Å². The minimum atomic E-state index is -1.04. The number of nitrogens with one attached hydrogen (secondary N) is 1. The van der Waals surface area contributed by atoms with Crippen molar-refractivity contribution in [1.29, 1.82) is 0 Å². The number of phenols is 1. The van der Waals surface area contributed by atoms with E-state index in [9.17, 15) is 19.1 Å². The molecule has 2 aromatic carbocycles. The molecule has 2 aromatic rings. The Balaban J connectivity index is 1.84. The number of carbonyl (C=O) groups is 2. The van der Waals surface area contributed by atoms with Crippen molar-refractivity contribution >= 4 is 23.5 Å². The van der Waals surface area contributed by atoms with Gasteiger partial charge < -0.3 is 15.2 Å². The predicted octanol–water partition coefficient (Wildman–Crippen LogP) is 3.09. The van der Waals surface area contributed by atoms with E-state index in [4.69, 9.17) is 16.3 Å². The molecule has 0 heterocycles. The zero-order chi connectivity index (χ0) is 18.4. The lowest BCUT2D eigenvalue weighted by Gasteiger charge is -2.14. The summed E-state index contributed by atoms with van der Waals surface area (Å²) in [5.41, 5.74) is 0.758. The monoisotopic (exact) mass is 365 g/mol. The lowest BCUT2D eigenvalue weighted by molar-refractivity contribution is -0.129. The summed E-state index contributed by atoms with van der Waals surface area (Å²) >= 11 is 5.77. The van der Waals surface area contributed by atoms with Crippen molar-refractivity contribution in [3.05, 3.63) is 64.4 Å². The molecule has 0 spiro atoms. The maximum absolute atomic E-state index is 12.8. The van der Waals surface area contributed by atoms with Crippen LogP contribution in [0.5, 0.6) is 5.75 Å². The molecule has 2 rings (SSSR count). The lowest BCUT2D eigenvalue weighted by Crippen LogP contribution is -2.36. The molecule has 25 heavy (non-hydrogen) atoms. The zero-order valence-corrected chi connectivity index (χ0v) is 14.2. The number of hydrogen-bond donors (Lipinski definition) is 2. The van der Waals surface area contributed by atoms with Crippen LogP contribution in [0.1, 0.15) is 22.8 Å². The van der Waals surface area contributed by atoms with Crippen LogP contribution in [0.25, 0.3) is 0 Å². The fourth-order valence-corrected chi connectivity index (χ4v) is 2.25. The summed E-state index contributed by atoms with van der Waals surface area (Å²) in [5, 5.41) is 12.6. The van der Waals surface area contributed by atoms with Crippen molar-refractivity contribution in [2.24, 2.45) is 0 Å². The van der Waals surface area contributed by atoms with E-state index >= 15 is 0 Å². The van der Waals surface area contributed by atoms with E-state index in [1.807, 2.05) is 0 Å². The summed E-state index contributed by atoms with van der Waals surface area (Å²) in [6.07, 6.45) is -0.527. The number of phenolic OH excluding ortho intramolecular Hbond substituents is 1. The minimum absolute atomic E-state index is 0.113. The topological polar surface area (TPSA) is 75.6 Å². The van der Waals surface area contributed by atoms with Gasteiger partial charge in [-0.3, -0.25) is 4.79 Å². The van der Waals surface area contributed by atoms with Crippen molar-refractivity contribution in [2.45, 2.75) is 19.4 Å². The van der Waals surface area contributed by atoms with Crippen LogP contribution in [0.4, 0.5) is 4.39 Å². The second kappa shape index (κ2) is 8.48. The van der Waals surface area contributed by atoms with E-state index in [1.165, 1.54) is 37.3 Å². The number of amides is 1. The van der Waals surface area contributed by atoms with Gasteiger partial charge in [-0.15, -0.1) is 0 Å². The van der Waals surface area contributed by atoms with Crippen LogP contribution in [0.15, 0.2) is 42.5 Å². The van der Waals surface area contributed by atoms with Gasteiger partial charge in [0.1, 0.15) is 17.1 Å². The number of carbonyl (C=O) groups excluding carboxylic acids is 2. The highest BCUT2D eigenvalue weighted by atomic mass is 35.5. The van der Waals surface area contributed by atoms with Crippen LogP contribution in [-0.2, 0) is 16.0 Å². The molecule has 0 aliphatic carbocycles. The molecule has 0 aliphatic rings. The number of halogens is 2. The molecule has 5 nitrogen and oxygen atoms in total. The predicted molar refractivity (Wildman–Crippen MR) is 91.1 cm³/mol. The Morgan fingerprint density at radius 3 is 2.60 bits per heavy atom. The van der Waals surface area contributed by atoms with Crippen molar-refractivity contribution in [2.75, 3.05) is 6.54 Å². The Morgan fingerprint density at radius 2 is 1.92 bits per heavy atom. The third kappa shape index (κ3) is 5.46. The second-order valence-corrected chi connectivity index (χ2v) is 5.81. The maximum Gasteiger partial charge on any atom is 0.342 e. The Bertz CT molecular complexity index is 764. The molecule has 7 heteroatoms. The summed E-state index contributed by atoms with van der Waals surface area (Å²) in [7, 11) is 0. The van der Waals surface area contributed by atoms with Crippen molar-refractivity contribution in [3.63, 3.8) is 0 Å². The smallest absolute Gasteiger partial charge is 0.342 e. The average Bonchev–Trinajstić information content (AvgIpc) is 2.58. The third-order valence-corrected chi connectivity index (χ3v) is 3.69. The Morgan fingerprint density at radius 1 is 1.24 bits per heavy atom. The molecule has 0 radical (unpaired) electrons. The Kier molecular flexibility index (Phi) is 6.36. The molecule has 1 atom stereocenters. The molecule has 0 fully saturated rings. The zero-order valence-electron chi connectivity index (χ0n) is 13.5. The van der Waals surface area contributed by atoms with Crippen LogP contribution in [-0.4, -0.2) is 29.6 Å². The minimum Gasteiger partial charge on any atom is -0.507 e. The van der Waals surface area contributed by atoms with E-state index in [2.05, 4.69) is 5.32 Å². The summed E-state index contributed by atoms with van der Waals surface area (Å²) in [4.78, 5) is 24.0. The third-order valence-electron chi connectivity index (χ3n) is 3.46. The molecule has 0 saturated carbocycles. The van der Waals surface area contributed by atoms with Gasteiger partial charge in [-0.05, 0) is 49.2 Å². The summed E-state index contributed by atoms with van der Waals surface area (Å²) in [5.74, 6) is -1.92. The van der Waals surface area contributed by atoms with Crippen LogP contribution >= 0.6 is 11.6 Å². The Labute approximate surface area is 149 Å². The first-order chi connectivity index (χ1) is 11.9. The van der Waals surface area contributed by atoms with Gasteiger partial charge in [0.25, 0.3) is 5.91 Å². The van der Waals surface area contributed by atoms with E-state index in [1.54, 1.807) is 12.1 Å². The standard InChI is InChI=1S/C18H17ClFNO4/c1-11(25-18(24)15-10-13(19)4-7-16(15)22)17(23)21-9-8-12-2-5-14(20)6-3-12/h2-7,10-11,22H,8-9H2,1H3,(H,21,23)/t11-/m0/s1. The number of aromatic hydroxyl groups is 1. The van der Waals surface area contributed by atoms with Crippen LogP contribution in [0.2, 0.25) is 5.02 Å². The van der Waals surface area contributed by atoms with Crippen LogP contribution in [0.3, 0.4) is 0 Å². The molecule has 2 N–H and O–H groups in total. The lowest BCUT2D eigenvalue weighted by atomic mass is 10.1.